The minimum atomic E-state index is 0.343. The van der Waals surface area contributed by atoms with Gasteiger partial charge in [0.1, 0.15) is 34.9 Å². The first-order valence-electron chi connectivity index (χ1n) is 12.6. The van der Waals surface area contributed by atoms with Gasteiger partial charge in [0, 0.05) is 37.2 Å². The zero-order chi connectivity index (χ0) is 25.8. The lowest BCUT2D eigenvalue weighted by Crippen LogP contribution is -2.38. The van der Waals surface area contributed by atoms with Crippen LogP contribution in [-0.4, -0.2) is 59.3 Å². The molecule has 1 fully saturated rings. The third-order valence-electron chi connectivity index (χ3n) is 7.15. The number of hydrogen-bond donors (Lipinski definition) is 2. The molecule has 0 spiro atoms. The van der Waals surface area contributed by atoms with Crippen molar-refractivity contribution in [3.63, 3.8) is 0 Å². The van der Waals surface area contributed by atoms with E-state index in [1.165, 1.54) is 5.56 Å². The maximum atomic E-state index is 5.53. The van der Waals surface area contributed by atoms with E-state index < -0.39 is 0 Å². The fourth-order valence-corrected chi connectivity index (χ4v) is 5.10. The Labute approximate surface area is 217 Å². The molecule has 0 unspecified atom stereocenters. The van der Waals surface area contributed by atoms with Crippen molar-refractivity contribution >= 4 is 17.0 Å². The second-order valence-corrected chi connectivity index (χ2v) is 9.53. The molecule has 1 aliphatic heterocycles. The zero-order valence-corrected chi connectivity index (χ0v) is 21.8. The lowest BCUT2D eigenvalue weighted by Gasteiger charge is -2.36. The van der Waals surface area contributed by atoms with E-state index in [9.17, 15) is 0 Å². The molecule has 0 amide bonds. The van der Waals surface area contributed by atoms with Crippen LogP contribution in [-0.2, 0) is 13.1 Å². The average Bonchev–Trinajstić information content (AvgIpc) is 3.37. The van der Waals surface area contributed by atoms with Crippen LogP contribution in [0.15, 0.2) is 48.8 Å². The topological polar surface area (TPSA) is 97.4 Å². The van der Waals surface area contributed by atoms with Crippen molar-refractivity contribution in [1.82, 2.24) is 24.8 Å². The summed E-state index contributed by atoms with van der Waals surface area (Å²) < 4.78 is 16.1. The Morgan fingerprint density at radius 3 is 2.51 bits per heavy atom. The molecule has 2 N–H and O–H groups in total. The van der Waals surface area contributed by atoms with Crippen LogP contribution in [0.2, 0.25) is 0 Å². The highest BCUT2D eigenvalue weighted by atomic mass is 16.5. The Hall–Kier alpha value is -3.85. The minimum absolute atomic E-state index is 0.343. The molecule has 3 heterocycles. The standard InChI is InChI=1S/C28H34N6O3/c1-18-15-34(16-19-5-8-21(35-2)9-6-19)12-11-23(18)26-32-25-27(30-17-31-28(25)33-26)29-14-20-7-10-22(36-3)13-24(20)37-4/h5-10,13,17-18,23H,11-12,14-16H2,1-4H3,(H2,29,30,31,32,33)/t18-,23-/m0/s1. The average molecular weight is 503 g/mol. The van der Waals surface area contributed by atoms with Crippen LogP contribution in [0.5, 0.6) is 17.2 Å². The lowest BCUT2D eigenvalue weighted by molar-refractivity contribution is 0.153. The van der Waals surface area contributed by atoms with E-state index in [1.54, 1.807) is 27.7 Å². The van der Waals surface area contributed by atoms with E-state index in [0.717, 1.165) is 66.0 Å². The van der Waals surface area contributed by atoms with Crippen LogP contribution in [0.1, 0.15) is 36.2 Å². The summed E-state index contributed by atoms with van der Waals surface area (Å²) in [4.78, 5) is 19.8. The zero-order valence-electron chi connectivity index (χ0n) is 21.8. The smallest absolute Gasteiger partial charge is 0.183 e. The van der Waals surface area contributed by atoms with Crippen LogP contribution in [0, 0.1) is 5.92 Å². The first-order chi connectivity index (χ1) is 18.1. The van der Waals surface area contributed by atoms with Crippen LogP contribution in [0.3, 0.4) is 0 Å². The number of imidazole rings is 1. The molecule has 0 saturated carbocycles. The lowest BCUT2D eigenvalue weighted by atomic mass is 9.86. The molecule has 0 aliphatic carbocycles. The predicted octanol–water partition coefficient (Wildman–Crippen LogP) is 4.62. The molecular weight excluding hydrogens is 468 g/mol. The molecule has 2 atom stereocenters. The number of hydrogen-bond acceptors (Lipinski definition) is 8. The number of H-pyrrole nitrogens is 1. The molecule has 0 bridgehead atoms. The van der Waals surface area contributed by atoms with Crippen molar-refractivity contribution in [3.8, 4) is 17.2 Å². The highest BCUT2D eigenvalue weighted by Gasteiger charge is 2.30. The molecule has 0 radical (unpaired) electrons. The number of likely N-dealkylation sites (tertiary alicyclic amines) is 1. The summed E-state index contributed by atoms with van der Waals surface area (Å²) in [6.07, 6.45) is 2.60. The number of rotatable bonds is 9. The SMILES string of the molecule is COc1ccc(CN2CC[C@H](c3nc4ncnc(NCc5ccc(OC)cc5OC)c4[nH]3)[C@@H](C)C2)cc1. The summed E-state index contributed by atoms with van der Waals surface area (Å²) >= 11 is 0. The van der Waals surface area contributed by atoms with E-state index in [2.05, 4.69) is 44.2 Å². The largest absolute Gasteiger partial charge is 0.497 e. The first kappa shape index (κ1) is 24.8. The number of ether oxygens (including phenoxy) is 3. The summed E-state index contributed by atoms with van der Waals surface area (Å²) in [5.41, 5.74) is 3.82. The van der Waals surface area contributed by atoms with Crippen LogP contribution >= 0.6 is 0 Å². The maximum absolute atomic E-state index is 5.53. The van der Waals surface area contributed by atoms with E-state index in [0.29, 0.717) is 24.0 Å². The van der Waals surface area contributed by atoms with Gasteiger partial charge in [-0.15, -0.1) is 0 Å². The van der Waals surface area contributed by atoms with E-state index in [1.807, 2.05) is 30.3 Å². The number of aromatic amines is 1. The fraction of sp³-hybridized carbons (Fsp3) is 0.393. The van der Waals surface area contributed by atoms with Crippen molar-refractivity contribution in [2.24, 2.45) is 5.92 Å². The van der Waals surface area contributed by atoms with E-state index in [-0.39, 0.29) is 0 Å². The predicted molar refractivity (Wildman–Crippen MR) is 143 cm³/mol. The fourth-order valence-electron chi connectivity index (χ4n) is 5.10. The molecule has 194 valence electrons. The van der Waals surface area contributed by atoms with E-state index in [4.69, 9.17) is 19.2 Å². The summed E-state index contributed by atoms with van der Waals surface area (Å²) in [5, 5.41) is 3.43. The molecule has 9 nitrogen and oxygen atoms in total. The van der Waals surface area contributed by atoms with Gasteiger partial charge in [-0.25, -0.2) is 15.0 Å². The van der Waals surface area contributed by atoms with Gasteiger partial charge >= 0.3 is 0 Å². The van der Waals surface area contributed by atoms with Gasteiger partial charge in [-0.3, -0.25) is 4.90 Å². The van der Waals surface area contributed by atoms with Crippen LogP contribution < -0.4 is 19.5 Å². The van der Waals surface area contributed by atoms with Crippen molar-refractivity contribution in [3.05, 3.63) is 65.7 Å². The van der Waals surface area contributed by atoms with Gasteiger partial charge in [0.25, 0.3) is 0 Å². The van der Waals surface area contributed by atoms with Gasteiger partial charge in [0.15, 0.2) is 11.5 Å². The van der Waals surface area contributed by atoms with Crippen molar-refractivity contribution < 1.29 is 14.2 Å². The maximum Gasteiger partial charge on any atom is 0.183 e. The van der Waals surface area contributed by atoms with Crippen molar-refractivity contribution in [2.45, 2.75) is 32.4 Å². The van der Waals surface area contributed by atoms with Gasteiger partial charge in [-0.1, -0.05) is 19.1 Å². The summed E-state index contributed by atoms with van der Waals surface area (Å²) in [7, 11) is 5.00. The first-order valence-corrected chi connectivity index (χ1v) is 12.6. The molecule has 5 rings (SSSR count). The molecule has 4 aromatic rings. The molecule has 1 aliphatic rings. The monoisotopic (exact) mass is 502 g/mol. The second-order valence-electron chi connectivity index (χ2n) is 9.53. The Morgan fingerprint density at radius 1 is 1.00 bits per heavy atom. The number of aromatic nitrogens is 4. The summed E-state index contributed by atoms with van der Waals surface area (Å²) in [6.45, 7) is 5.83. The molecule has 1 saturated heterocycles. The number of anilines is 1. The minimum Gasteiger partial charge on any atom is -0.497 e. The van der Waals surface area contributed by atoms with Crippen LogP contribution in [0.4, 0.5) is 5.82 Å². The molecule has 2 aromatic heterocycles. The number of methoxy groups -OCH3 is 3. The van der Waals surface area contributed by atoms with Crippen molar-refractivity contribution in [2.75, 3.05) is 39.7 Å². The van der Waals surface area contributed by atoms with Crippen molar-refractivity contribution in [1.29, 1.82) is 0 Å². The van der Waals surface area contributed by atoms with Gasteiger partial charge in [0.2, 0.25) is 0 Å². The number of fused-ring (bicyclic) bond motifs is 1. The number of nitrogens with zero attached hydrogens (tertiary/aromatic N) is 4. The quantitative estimate of drug-likeness (QED) is 0.342. The van der Waals surface area contributed by atoms with Gasteiger partial charge in [-0.05, 0) is 48.7 Å². The molecule has 37 heavy (non-hydrogen) atoms. The number of benzene rings is 2. The van der Waals surface area contributed by atoms with E-state index >= 15 is 0 Å². The highest BCUT2D eigenvalue weighted by molar-refractivity contribution is 5.82. The summed E-state index contributed by atoms with van der Waals surface area (Å²) in [6, 6.07) is 14.1. The Bertz CT molecular complexity index is 1340. The Kier molecular flexibility index (Phi) is 7.41. The molecule has 2 aromatic carbocycles. The second kappa shape index (κ2) is 11.0. The van der Waals surface area contributed by atoms with Gasteiger partial charge in [0.05, 0.1) is 21.3 Å². The highest BCUT2D eigenvalue weighted by Crippen LogP contribution is 2.34. The third-order valence-corrected chi connectivity index (χ3v) is 7.15. The Balaban J connectivity index is 1.27. The molecular formula is C28H34N6O3. The number of piperidine rings is 1. The van der Waals surface area contributed by atoms with Gasteiger partial charge < -0.3 is 24.5 Å². The molecule has 9 heteroatoms. The Morgan fingerprint density at radius 2 is 1.78 bits per heavy atom. The van der Waals surface area contributed by atoms with Gasteiger partial charge in [-0.2, -0.15) is 0 Å². The normalized spacial score (nSPS) is 18.1. The van der Waals surface area contributed by atoms with Crippen LogP contribution in [0.25, 0.3) is 11.2 Å². The summed E-state index contributed by atoms with van der Waals surface area (Å²) in [5.74, 6) is 4.92. The third kappa shape index (κ3) is 5.46. The number of nitrogens with one attached hydrogen (secondary N) is 2.